The third-order valence-electron chi connectivity index (χ3n) is 1.97. The van der Waals surface area contributed by atoms with Gasteiger partial charge in [0.05, 0.1) is 5.04 Å². The van der Waals surface area contributed by atoms with Crippen molar-refractivity contribution in [2.75, 3.05) is 18.6 Å². The number of aliphatic imine (C=N–C) groups is 1. The fourth-order valence-corrected chi connectivity index (χ4v) is 3.27. The van der Waals surface area contributed by atoms with E-state index in [2.05, 4.69) is 45.4 Å². The average molecular weight is 288 g/mol. The molecule has 1 aromatic rings. The van der Waals surface area contributed by atoms with Gasteiger partial charge in [-0.1, -0.05) is 15.9 Å². The van der Waals surface area contributed by atoms with Crippen molar-refractivity contribution < 1.29 is 0 Å². The van der Waals surface area contributed by atoms with Crippen LogP contribution in [0.4, 0.5) is 0 Å². The van der Waals surface area contributed by atoms with E-state index in [1.54, 1.807) is 11.8 Å². The summed E-state index contributed by atoms with van der Waals surface area (Å²) in [7, 11) is 0. The highest BCUT2D eigenvalue weighted by molar-refractivity contribution is 9.10. The van der Waals surface area contributed by atoms with Crippen LogP contribution in [-0.4, -0.2) is 23.6 Å². The number of nitrogens with zero attached hydrogens (tertiary/aromatic N) is 1. The Morgan fingerprint density at radius 3 is 3.14 bits per heavy atom. The summed E-state index contributed by atoms with van der Waals surface area (Å²) in [5.41, 5.74) is 1.27. The smallest absolute Gasteiger partial charge is 0.0986 e. The summed E-state index contributed by atoms with van der Waals surface area (Å²) in [6.45, 7) is 0.924. The summed E-state index contributed by atoms with van der Waals surface area (Å²) >= 11 is 7.11. The van der Waals surface area contributed by atoms with Crippen LogP contribution < -0.4 is 0 Å². The third-order valence-corrected chi connectivity index (χ3v) is 4.25. The summed E-state index contributed by atoms with van der Waals surface area (Å²) in [4.78, 5) is 5.91. The molecule has 1 aliphatic heterocycles. The van der Waals surface area contributed by atoms with E-state index in [1.165, 1.54) is 10.5 Å². The Labute approximate surface area is 101 Å². The monoisotopic (exact) mass is 287 g/mol. The van der Waals surface area contributed by atoms with Crippen LogP contribution in [-0.2, 0) is 0 Å². The van der Waals surface area contributed by atoms with Crippen LogP contribution in [0.25, 0.3) is 0 Å². The van der Waals surface area contributed by atoms with Crippen molar-refractivity contribution in [1.29, 1.82) is 0 Å². The molecule has 1 nitrogen and oxygen atoms in total. The predicted molar refractivity (Wildman–Crippen MR) is 69.8 cm³/mol. The minimum atomic E-state index is 0.924. The minimum absolute atomic E-state index is 0.924. The number of fused-ring (bicyclic) bond motifs is 1. The van der Waals surface area contributed by atoms with Crippen LogP contribution in [0.2, 0.25) is 0 Å². The highest BCUT2D eigenvalue weighted by Gasteiger charge is 2.12. The molecular weight excluding hydrogens is 278 g/mol. The molecule has 0 unspecified atom stereocenters. The van der Waals surface area contributed by atoms with Crippen LogP contribution in [0.5, 0.6) is 0 Å². The van der Waals surface area contributed by atoms with Crippen LogP contribution in [0, 0.1) is 0 Å². The fourth-order valence-electron chi connectivity index (χ4n) is 1.36. The molecule has 0 spiro atoms. The van der Waals surface area contributed by atoms with Crippen LogP contribution >= 0.6 is 39.5 Å². The normalized spacial score (nSPS) is 15.7. The van der Waals surface area contributed by atoms with E-state index in [4.69, 9.17) is 0 Å². The maximum atomic E-state index is 4.56. The van der Waals surface area contributed by atoms with Gasteiger partial charge in [0, 0.05) is 27.2 Å². The van der Waals surface area contributed by atoms with Gasteiger partial charge in [-0.3, -0.25) is 4.99 Å². The van der Waals surface area contributed by atoms with Crippen molar-refractivity contribution in [3.8, 4) is 0 Å². The number of hydrogen-bond donors (Lipinski definition) is 0. The van der Waals surface area contributed by atoms with E-state index in [1.807, 2.05) is 11.8 Å². The molecule has 0 radical (unpaired) electrons. The number of halogens is 1. The van der Waals surface area contributed by atoms with E-state index in [-0.39, 0.29) is 0 Å². The molecule has 0 saturated carbocycles. The number of hydrogen-bond acceptors (Lipinski definition) is 3. The lowest BCUT2D eigenvalue weighted by Gasteiger charge is -2.06. The van der Waals surface area contributed by atoms with Gasteiger partial charge in [-0.2, -0.15) is 0 Å². The second kappa shape index (κ2) is 4.73. The molecule has 4 heteroatoms. The summed E-state index contributed by atoms with van der Waals surface area (Å²) in [6, 6.07) is 6.42. The van der Waals surface area contributed by atoms with Gasteiger partial charge in [-0.15, -0.1) is 23.5 Å². The lowest BCUT2D eigenvalue weighted by Crippen LogP contribution is -1.96. The zero-order chi connectivity index (χ0) is 9.97. The van der Waals surface area contributed by atoms with Crippen molar-refractivity contribution in [2.45, 2.75) is 4.90 Å². The molecule has 2 rings (SSSR count). The Kier molecular flexibility index (Phi) is 3.57. The molecule has 74 valence electrons. The zero-order valence-electron chi connectivity index (χ0n) is 7.79. The number of benzene rings is 1. The second-order valence-electron chi connectivity index (χ2n) is 2.88. The lowest BCUT2D eigenvalue weighted by molar-refractivity contribution is 1.16. The third kappa shape index (κ3) is 2.18. The molecule has 0 aliphatic carbocycles. The summed E-state index contributed by atoms with van der Waals surface area (Å²) < 4.78 is 1.13. The lowest BCUT2D eigenvalue weighted by atomic mass is 10.2. The number of thioether (sulfide) groups is 2. The minimum Gasteiger partial charge on any atom is -0.277 e. The summed E-state index contributed by atoms with van der Waals surface area (Å²) in [5.74, 6) is 1.08. The van der Waals surface area contributed by atoms with Gasteiger partial charge in [0.1, 0.15) is 0 Å². The van der Waals surface area contributed by atoms with Crippen molar-refractivity contribution in [1.82, 2.24) is 0 Å². The molecule has 0 fully saturated rings. The molecule has 0 aromatic heterocycles. The molecule has 1 aliphatic rings. The summed E-state index contributed by atoms with van der Waals surface area (Å²) in [6.07, 6.45) is 2.08. The van der Waals surface area contributed by atoms with E-state index in [9.17, 15) is 0 Å². The number of rotatable bonds is 0. The van der Waals surface area contributed by atoms with Crippen molar-refractivity contribution in [3.63, 3.8) is 0 Å². The second-order valence-corrected chi connectivity index (χ2v) is 5.73. The van der Waals surface area contributed by atoms with E-state index in [0.717, 1.165) is 21.8 Å². The quantitative estimate of drug-likeness (QED) is 0.722. The largest absolute Gasteiger partial charge is 0.277 e. The van der Waals surface area contributed by atoms with E-state index in [0.29, 0.717) is 0 Å². The fraction of sp³-hybridized carbons (Fsp3) is 0.300. The molecule has 1 aromatic carbocycles. The van der Waals surface area contributed by atoms with Gasteiger partial charge in [0.2, 0.25) is 0 Å². The standard InChI is InChI=1S/C10H10BrNS2/c1-13-10-8-6-7(11)2-3-9(8)14-5-4-12-10/h2-3,6H,4-5H2,1H3. The molecule has 0 saturated heterocycles. The van der Waals surface area contributed by atoms with Crippen molar-refractivity contribution in [3.05, 3.63) is 28.2 Å². The van der Waals surface area contributed by atoms with Crippen LogP contribution in [0.15, 0.2) is 32.6 Å². The van der Waals surface area contributed by atoms with Crippen LogP contribution in [0.1, 0.15) is 5.56 Å². The Morgan fingerprint density at radius 1 is 1.50 bits per heavy atom. The highest BCUT2D eigenvalue weighted by Crippen LogP contribution is 2.30. The predicted octanol–water partition coefficient (Wildman–Crippen LogP) is 3.66. The van der Waals surface area contributed by atoms with E-state index >= 15 is 0 Å². The Balaban J connectivity index is 2.51. The molecule has 0 amide bonds. The molecule has 0 bridgehead atoms. The SMILES string of the molecule is CSC1=NCCSc2ccc(Br)cc21. The van der Waals surface area contributed by atoms with Crippen molar-refractivity contribution in [2.24, 2.45) is 4.99 Å². The molecule has 14 heavy (non-hydrogen) atoms. The average Bonchev–Trinajstić information content (AvgIpc) is 2.39. The Morgan fingerprint density at radius 2 is 2.36 bits per heavy atom. The van der Waals surface area contributed by atoms with Gasteiger partial charge in [0.25, 0.3) is 0 Å². The molecule has 1 heterocycles. The zero-order valence-corrected chi connectivity index (χ0v) is 11.0. The first-order chi connectivity index (χ1) is 6.81. The van der Waals surface area contributed by atoms with Gasteiger partial charge in [-0.25, -0.2) is 0 Å². The van der Waals surface area contributed by atoms with E-state index < -0.39 is 0 Å². The van der Waals surface area contributed by atoms with Crippen molar-refractivity contribution >= 4 is 44.5 Å². The maximum Gasteiger partial charge on any atom is 0.0986 e. The first kappa shape index (κ1) is 10.6. The van der Waals surface area contributed by atoms with Gasteiger partial charge in [0.15, 0.2) is 0 Å². The summed E-state index contributed by atoms with van der Waals surface area (Å²) in [5, 5.41) is 1.16. The Bertz CT molecular complexity index is 376. The van der Waals surface area contributed by atoms with Gasteiger partial charge < -0.3 is 0 Å². The molecule has 0 N–H and O–H groups in total. The highest BCUT2D eigenvalue weighted by atomic mass is 79.9. The maximum absolute atomic E-state index is 4.56. The molecular formula is C10H10BrNS2. The van der Waals surface area contributed by atoms with Crippen LogP contribution in [0.3, 0.4) is 0 Å². The van der Waals surface area contributed by atoms with Gasteiger partial charge >= 0.3 is 0 Å². The van der Waals surface area contributed by atoms with Gasteiger partial charge in [-0.05, 0) is 24.5 Å². The Hall–Kier alpha value is 0.0700. The topological polar surface area (TPSA) is 12.4 Å². The first-order valence-electron chi connectivity index (χ1n) is 4.32. The molecule has 0 atom stereocenters. The first-order valence-corrected chi connectivity index (χ1v) is 7.33.